The molecule has 0 radical (unpaired) electrons. The molecule has 2 unspecified atom stereocenters. The van der Waals surface area contributed by atoms with Crippen molar-refractivity contribution in [1.82, 2.24) is 14.9 Å². The average Bonchev–Trinajstić information content (AvgIpc) is 2.71. The largest absolute Gasteiger partial charge is 0.511 e. The lowest BCUT2D eigenvalue weighted by Gasteiger charge is -2.31. The molecule has 1 heterocycles. The third-order valence-corrected chi connectivity index (χ3v) is 7.13. The highest BCUT2D eigenvalue weighted by Gasteiger charge is 2.50. The first-order valence-corrected chi connectivity index (χ1v) is 11.7. The number of hydrogen-bond acceptors (Lipinski definition) is 3. The van der Waals surface area contributed by atoms with Gasteiger partial charge in [-0.05, 0) is 38.2 Å². The molecule has 1 aliphatic rings. The Labute approximate surface area is 200 Å². The van der Waals surface area contributed by atoms with Gasteiger partial charge in [0, 0.05) is 38.1 Å². The van der Waals surface area contributed by atoms with E-state index in [4.69, 9.17) is 0 Å². The molecular formula is C20H32F3IN4O2S. The van der Waals surface area contributed by atoms with E-state index in [1.807, 2.05) is 25.1 Å². The van der Waals surface area contributed by atoms with E-state index in [1.54, 1.807) is 0 Å². The van der Waals surface area contributed by atoms with E-state index in [0.717, 1.165) is 0 Å². The minimum Gasteiger partial charge on any atom is -0.357 e. The summed E-state index contributed by atoms with van der Waals surface area (Å²) >= 11 is 0. The average molecular weight is 576 g/mol. The number of halogens is 4. The second-order valence-corrected chi connectivity index (χ2v) is 9.57. The quantitative estimate of drug-likeness (QED) is 0.294. The van der Waals surface area contributed by atoms with Gasteiger partial charge in [-0.15, -0.1) is 24.0 Å². The van der Waals surface area contributed by atoms with E-state index in [2.05, 4.69) is 41.6 Å². The summed E-state index contributed by atoms with van der Waals surface area (Å²) in [5.74, 6) is 0.950. The van der Waals surface area contributed by atoms with Crippen LogP contribution >= 0.6 is 24.0 Å². The summed E-state index contributed by atoms with van der Waals surface area (Å²) < 4.78 is 61.7. The van der Waals surface area contributed by atoms with Crippen molar-refractivity contribution < 1.29 is 21.6 Å². The second-order valence-electron chi connectivity index (χ2n) is 7.65. The summed E-state index contributed by atoms with van der Waals surface area (Å²) in [4.78, 5) is 4.59. The molecule has 31 heavy (non-hydrogen) atoms. The Morgan fingerprint density at radius 3 is 2.29 bits per heavy atom. The summed E-state index contributed by atoms with van der Waals surface area (Å²) in [6.07, 6.45) is 0.711. The predicted molar refractivity (Wildman–Crippen MR) is 128 cm³/mol. The lowest BCUT2D eigenvalue weighted by Crippen LogP contribution is -2.46. The molecular weight excluding hydrogens is 544 g/mol. The maximum absolute atomic E-state index is 12.7. The van der Waals surface area contributed by atoms with Crippen LogP contribution in [0.15, 0.2) is 35.3 Å². The number of alkyl halides is 3. The highest BCUT2D eigenvalue weighted by molar-refractivity contribution is 14.0. The highest BCUT2D eigenvalue weighted by atomic mass is 127. The molecule has 0 spiro atoms. The third-order valence-electron chi connectivity index (χ3n) is 5.50. The number of nitrogens with zero attached hydrogens (tertiary/aromatic N) is 2. The molecule has 0 aromatic heterocycles. The number of aliphatic imine (C=N–C) groups is 1. The zero-order chi connectivity index (χ0) is 22.4. The van der Waals surface area contributed by atoms with Crippen LogP contribution in [0.25, 0.3) is 0 Å². The second kappa shape index (κ2) is 12.2. The molecule has 11 heteroatoms. The molecule has 0 bridgehead atoms. The molecule has 2 N–H and O–H groups in total. The van der Waals surface area contributed by atoms with Gasteiger partial charge in [0.05, 0.1) is 0 Å². The molecule has 0 aliphatic carbocycles. The number of piperidine rings is 1. The minimum atomic E-state index is -5.24. The molecule has 2 rings (SSSR count). The maximum atomic E-state index is 12.7. The first-order chi connectivity index (χ1) is 14.1. The van der Waals surface area contributed by atoms with Crippen LogP contribution in [0, 0.1) is 5.92 Å². The van der Waals surface area contributed by atoms with Crippen molar-refractivity contribution in [2.75, 3.05) is 26.2 Å². The van der Waals surface area contributed by atoms with Crippen molar-refractivity contribution in [2.45, 2.75) is 51.1 Å². The summed E-state index contributed by atoms with van der Waals surface area (Å²) in [6, 6.07) is 10.3. The summed E-state index contributed by atoms with van der Waals surface area (Å²) in [5, 5.41) is 6.59. The number of hydrogen-bond donors (Lipinski definition) is 2. The van der Waals surface area contributed by atoms with Crippen LogP contribution in [-0.2, 0) is 10.0 Å². The first-order valence-electron chi connectivity index (χ1n) is 10.2. The number of benzene rings is 1. The summed E-state index contributed by atoms with van der Waals surface area (Å²) in [5.41, 5.74) is -4.03. The van der Waals surface area contributed by atoms with Crippen molar-refractivity contribution in [2.24, 2.45) is 10.9 Å². The van der Waals surface area contributed by atoms with E-state index in [1.165, 1.54) is 5.56 Å². The van der Waals surface area contributed by atoms with Gasteiger partial charge in [-0.3, -0.25) is 4.99 Å². The van der Waals surface area contributed by atoms with Crippen LogP contribution in [0.1, 0.15) is 45.1 Å². The van der Waals surface area contributed by atoms with E-state index in [9.17, 15) is 21.6 Å². The standard InChI is InChI=1S/C20H31F3N4O2S.HI/c1-4-24-19(26-16(3)15(2)18-8-6-5-7-9-18)25-14-17-10-12-27(13-11-17)30(28,29)20(21,22)23;/h5-9,15-17H,4,10-14H2,1-3H3,(H2,24,25,26);1H. The lowest BCUT2D eigenvalue weighted by atomic mass is 9.94. The van der Waals surface area contributed by atoms with Gasteiger partial charge in [0.1, 0.15) is 0 Å². The smallest absolute Gasteiger partial charge is 0.357 e. The fraction of sp³-hybridized carbons (Fsp3) is 0.650. The van der Waals surface area contributed by atoms with E-state index >= 15 is 0 Å². The van der Waals surface area contributed by atoms with Gasteiger partial charge in [-0.2, -0.15) is 17.5 Å². The molecule has 178 valence electrons. The SMILES string of the molecule is CCNC(=NCC1CCN(S(=O)(=O)C(F)(F)F)CC1)NC(C)C(C)c1ccccc1.I. The van der Waals surface area contributed by atoms with Gasteiger partial charge in [0.2, 0.25) is 0 Å². The lowest BCUT2D eigenvalue weighted by molar-refractivity contribution is -0.0496. The summed E-state index contributed by atoms with van der Waals surface area (Å²) in [7, 11) is -5.24. The molecule has 2 atom stereocenters. The van der Waals surface area contributed by atoms with E-state index in [-0.39, 0.29) is 54.9 Å². The van der Waals surface area contributed by atoms with Crippen molar-refractivity contribution in [3.05, 3.63) is 35.9 Å². The molecule has 0 amide bonds. The Morgan fingerprint density at radius 2 is 1.77 bits per heavy atom. The van der Waals surface area contributed by atoms with Crippen molar-refractivity contribution in [3.8, 4) is 0 Å². The number of rotatable bonds is 7. The minimum absolute atomic E-state index is 0. The number of sulfonamides is 1. The molecule has 6 nitrogen and oxygen atoms in total. The Hall–Kier alpha value is -1.08. The first kappa shape index (κ1) is 28.0. The predicted octanol–water partition coefficient (Wildman–Crippen LogP) is 3.91. The number of guanidine groups is 1. The van der Waals surface area contributed by atoms with Gasteiger partial charge >= 0.3 is 15.5 Å². The topological polar surface area (TPSA) is 73.8 Å². The van der Waals surface area contributed by atoms with Crippen LogP contribution < -0.4 is 10.6 Å². The monoisotopic (exact) mass is 576 g/mol. The third kappa shape index (κ3) is 7.77. The van der Waals surface area contributed by atoms with Gasteiger partial charge in [0.25, 0.3) is 0 Å². The van der Waals surface area contributed by atoms with Crippen molar-refractivity contribution >= 4 is 40.0 Å². The number of nitrogens with one attached hydrogen (secondary N) is 2. The van der Waals surface area contributed by atoms with Gasteiger partial charge < -0.3 is 10.6 Å². The van der Waals surface area contributed by atoms with Crippen LogP contribution in [0.3, 0.4) is 0 Å². The van der Waals surface area contributed by atoms with Gasteiger partial charge in [-0.25, -0.2) is 8.42 Å². The Balaban J connectivity index is 0.00000480. The van der Waals surface area contributed by atoms with Crippen LogP contribution in [0.4, 0.5) is 13.2 Å². The Morgan fingerprint density at radius 1 is 1.19 bits per heavy atom. The zero-order valence-electron chi connectivity index (χ0n) is 18.0. The zero-order valence-corrected chi connectivity index (χ0v) is 21.2. The Bertz CT molecular complexity index is 798. The normalized spacial score (nSPS) is 18.7. The molecule has 1 aromatic rings. The van der Waals surface area contributed by atoms with Gasteiger partial charge in [0.15, 0.2) is 5.96 Å². The molecule has 1 saturated heterocycles. The molecule has 1 aromatic carbocycles. The maximum Gasteiger partial charge on any atom is 0.511 e. The van der Waals surface area contributed by atoms with Crippen LogP contribution in [0.2, 0.25) is 0 Å². The van der Waals surface area contributed by atoms with Crippen molar-refractivity contribution in [3.63, 3.8) is 0 Å². The van der Waals surface area contributed by atoms with E-state index in [0.29, 0.717) is 36.2 Å². The Kier molecular flexibility index (Phi) is 11.0. The molecule has 1 fully saturated rings. The fourth-order valence-corrected chi connectivity index (χ4v) is 4.39. The van der Waals surface area contributed by atoms with Gasteiger partial charge in [-0.1, -0.05) is 37.3 Å². The highest BCUT2D eigenvalue weighted by Crippen LogP contribution is 2.30. The fourth-order valence-electron chi connectivity index (χ4n) is 3.40. The van der Waals surface area contributed by atoms with Crippen LogP contribution in [-0.4, -0.2) is 56.4 Å². The summed E-state index contributed by atoms with van der Waals surface area (Å²) in [6.45, 7) is 7.02. The van der Waals surface area contributed by atoms with Crippen molar-refractivity contribution in [1.29, 1.82) is 0 Å². The van der Waals surface area contributed by atoms with E-state index < -0.39 is 15.5 Å². The molecule has 1 aliphatic heterocycles. The van der Waals surface area contributed by atoms with Crippen LogP contribution in [0.5, 0.6) is 0 Å². The molecule has 0 saturated carbocycles.